The summed E-state index contributed by atoms with van der Waals surface area (Å²) in [5, 5.41) is 0.556. The molecule has 2 atom stereocenters. The summed E-state index contributed by atoms with van der Waals surface area (Å²) in [7, 11) is 4.32. The lowest BCUT2D eigenvalue weighted by atomic mass is 10.1. The van der Waals surface area contributed by atoms with Crippen molar-refractivity contribution in [2.45, 2.75) is 64.7 Å². The summed E-state index contributed by atoms with van der Waals surface area (Å²) >= 11 is 1.96. The lowest BCUT2D eigenvalue weighted by Gasteiger charge is -2.42. The van der Waals surface area contributed by atoms with Crippen LogP contribution in [-0.4, -0.2) is 41.7 Å². The van der Waals surface area contributed by atoms with Crippen LogP contribution in [0.15, 0.2) is 35.0 Å². The monoisotopic (exact) mass is 322 g/mol. The second-order valence-corrected chi connectivity index (χ2v) is 7.57. The van der Waals surface area contributed by atoms with Crippen molar-refractivity contribution in [1.82, 2.24) is 9.80 Å². The standard InChI is InChI=1S/C19H34N2S/c1-8-11-17-16(5)22-19(13-10-3)18(12-9-2)21(17)14-15(4)20(6)7/h11-12,15,19H,5,8-10,13-14H2,1-4,6-7H3/b17-11+,18-12+. The van der Waals surface area contributed by atoms with Crippen LogP contribution in [0, 0.1) is 0 Å². The van der Waals surface area contributed by atoms with E-state index < -0.39 is 0 Å². The number of thioether (sulfide) groups is 1. The van der Waals surface area contributed by atoms with Crippen molar-refractivity contribution in [3.05, 3.63) is 35.0 Å². The van der Waals surface area contributed by atoms with Gasteiger partial charge in [-0.15, -0.1) is 11.8 Å². The van der Waals surface area contributed by atoms with Crippen molar-refractivity contribution in [3.63, 3.8) is 0 Å². The van der Waals surface area contributed by atoms with Crippen molar-refractivity contribution >= 4 is 11.8 Å². The third kappa shape index (κ3) is 4.92. The molecule has 0 aliphatic carbocycles. The Kier molecular flexibility index (Phi) is 8.34. The largest absolute Gasteiger partial charge is 0.342 e. The topological polar surface area (TPSA) is 6.48 Å². The van der Waals surface area contributed by atoms with Crippen LogP contribution in [0.2, 0.25) is 0 Å². The Morgan fingerprint density at radius 3 is 2.36 bits per heavy atom. The van der Waals surface area contributed by atoms with E-state index in [9.17, 15) is 0 Å². The number of rotatable bonds is 7. The van der Waals surface area contributed by atoms with Crippen LogP contribution in [0.1, 0.15) is 53.4 Å². The minimum atomic E-state index is 0.513. The maximum atomic E-state index is 4.36. The predicted octanol–water partition coefficient (Wildman–Crippen LogP) is 5.26. The average molecular weight is 323 g/mol. The van der Waals surface area contributed by atoms with E-state index in [4.69, 9.17) is 0 Å². The first-order valence-electron chi connectivity index (χ1n) is 8.66. The van der Waals surface area contributed by atoms with Gasteiger partial charge in [0, 0.05) is 28.4 Å². The number of likely N-dealkylation sites (N-methyl/N-ethyl adjacent to an activating group) is 1. The fourth-order valence-electron chi connectivity index (χ4n) is 2.72. The van der Waals surface area contributed by atoms with Crippen molar-refractivity contribution in [3.8, 4) is 0 Å². The van der Waals surface area contributed by atoms with Crippen molar-refractivity contribution in [1.29, 1.82) is 0 Å². The summed E-state index contributed by atoms with van der Waals surface area (Å²) < 4.78 is 0. The lowest BCUT2D eigenvalue weighted by molar-refractivity contribution is 0.249. The summed E-state index contributed by atoms with van der Waals surface area (Å²) in [5.41, 5.74) is 2.82. The van der Waals surface area contributed by atoms with E-state index in [1.807, 2.05) is 11.8 Å². The van der Waals surface area contributed by atoms with Crippen molar-refractivity contribution < 1.29 is 0 Å². The van der Waals surface area contributed by atoms with Gasteiger partial charge in [0.2, 0.25) is 0 Å². The number of allylic oxidation sites excluding steroid dienone is 2. The normalized spacial score (nSPS) is 24.6. The molecule has 0 aromatic heterocycles. The van der Waals surface area contributed by atoms with Gasteiger partial charge in [-0.05, 0) is 40.3 Å². The van der Waals surface area contributed by atoms with Gasteiger partial charge in [0.05, 0.1) is 5.70 Å². The zero-order chi connectivity index (χ0) is 16.7. The van der Waals surface area contributed by atoms with Gasteiger partial charge < -0.3 is 9.80 Å². The van der Waals surface area contributed by atoms with Crippen LogP contribution < -0.4 is 0 Å². The maximum Gasteiger partial charge on any atom is 0.0500 e. The molecule has 0 bridgehead atoms. The molecule has 2 nitrogen and oxygen atoms in total. The molecule has 126 valence electrons. The molecule has 3 heteroatoms. The highest BCUT2D eigenvalue weighted by atomic mass is 32.2. The summed E-state index contributed by atoms with van der Waals surface area (Å²) in [6.07, 6.45) is 9.35. The van der Waals surface area contributed by atoms with Gasteiger partial charge in [0.1, 0.15) is 0 Å². The van der Waals surface area contributed by atoms with E-state index in [1.54, 1.807) is 0 Å². The van der Waals surface area contributed by atoms with E-state index in [-0.39, 0.29) is 0 Å². The molecule has 2 unspecified atom stereocenters. The smallest absolute Gasteiger partial charge is 0.0500 e. The molecule has 1 aliphatic rings. The average Bonchev–Trinajstić information content (AvgIpc) is 2.46. The summed E-state index contributed by atoms with van der Waals surface area (Å²) in [5.74, 6) is 0. The van der Waals surface area contributed by atoms with Gasteiger partial charge in [-0.2, -0.15) is 0 Å². The minimum absolute atomic E-state index is 0.513. The molecule has 0 amide bonds. The molecule has 0 spiro atoms. The van der Waals surface area contributed by atoms with Crippen LogP contribution >= 0.6 is 11.8 Å². The molecule has 0 aromatic rings. The van der Waals surface area contributed by atoms with Crippen LogP contribution in [0.4, 0.5) is 0 Å². The molecule has 1 fully saturated rings. The van der Waals surface area contributed by atoms with Crippen molar-refractivity contribution in [2.75, 3.05) is 20.6 Å². The van der Waals surface area contributed by atoms with Crippen LogP contribution in [0.3, 0.4) is 0 Å². The molecule has 1 aliphatic heterocycles. The van der Waals surface area contributed by atoms with Gasteiger partial charge in [0.15, 0.2) is 0 Å². The summed E-state index contributed by atoms with van der Waals surface area (Å²) in [6.45, 7) is 14.4. The molecule has 0 saturated carbocycles. The highest BCUT2D eigenvalue weighted by Gasteiger charge is 2.31. The fraction of sp³-hybridized carbons (Fsp3) is 0.684. The van der Waals surface area contributed by atoms with Gasteiger partial charge >= 0.3 is 0 Å². The van der Waals surface area contributed by atoms with Crippen LogP contribution in [-0.2, 0) is 0 Å². The molecule has 0 aromatic carbocycles. The molecule has 0 N–H and O–H groups in total. The Balaban J connectivity index is 3.18. The summed E-state index contributed by atoms with van der Waals surface area (Å²) in [4.78, 5) is 6.07. The lowest BCUT2D eigenvalue weighted by Crippen LogP contribution is -2.41. The van der Waals surface area contributed by atoms with E-state index in [2.05, 4.69) is 70.3 Å². The van der Waals surface area contributed by atoms with E-state index >= 15 is 0 Å². The minimum Gasteiger partial charge on any atom is -0.342 e. The van der Waals surface area contributed by atoms with E-state index in [0.29, 0.717) is 11.3 Å². The third-order valence-electron chi connectivity index (χ3n) is 4.19. The molecular formula is C19H34N2S. The molecule has 22 heavy (non-hydrogen) atoms. The first kappa shape index (κ1) is 19.4. The van der Waals surface area contributed by atoms with Crippen LogP contribution in [0.25, 0.3) is 0 Å². The first-order valence-corrected chi connectivity index (χ1v) is 9.54. The molecule has 1 saturated heterocycles. The quantitative estimate of drug-likeness (QED) is 0.631. The Bertz CT molecular complexity index is 423. The van der Waals surface area contributed by atoms with Gasteiger partial charge in [0.25, 0.3) is 0 Å². The number of hydrogen-bond acceptors (Lipinski definition) is 3. The molecule has 1 heterocycles. The Morgan fingerprint density at radius 2 is 1.86 bits per heavy atom. The summed E-state index contributed by atoms with van der Waals surface area (Å²) in [6, 6.07) is 0.513. The van der Waals surface area contributed by atoms with E-state index in [0.717, 1.165) is 19.4 Å². The highest BCUT2D eigenvalue weighted by molar-refractivity contribution is 8.04. The van der Waals surface area contributed by atoms with Gasteiger partial charge in [-0.1, -0.05) is 45.9 Å². The predicted molar refractivity (Wildman–Crippen MR) is 102 cm³/mol. The Hall–Kier alpha value is -0.670. The number of hydrogen-bond donors (Lipinski definition) is 0. The first-order chi connectivity index (χ1) is 10.5. The van der Waals surface area contributed by atoms with E-state index in [1.165, 1.54) is 29.1 Å². The third-order valence-corrected chi connectivity index (χ3v) is 5.45. The zero-order valence-electron chi connectivity index (χ0n) is 15.4. The Morgan fingerprint density at radius 1 is 1.23 bits per heavy atom. The van der Waals surface area contributed by atoms with Crippen LogP contribution in [0.5, 0.6) is 0 Å². The SMILES string of the molecule is C=C1SC(CCC)/C(=C\CC)N(CC(C)N(C)C)/C1=C/CC. The zero-order valence-corrected chi connectivity index (χ0v) is 16.2. The molecule has 1 rings (SSSR count). The van der Waals surface area contributed by atoms with Gasteiger partial charge in [-0.25, -0.2) is 0 Å². The second kappa shape index (κ2) is 9.46. The van der Waals surface area contributed by atoms with Crippen molar-refractivity contribution in [2.24, 2.45) is 0 Å². The maximum absolute atomic E-state index is 4.36. The fourth-order valence-corrected chi connectivity index (χ4v) is 4.08. The molecule has 0 radical (unpaired) electrons. The molecular weight excluding hydrogens is 288 g/mol. The number of nitrogens with zero attached hydrogens (tertiary/aromatic N) is 2. The second-order valence-electron chi connectivity index (χ2n) is 6.28. The van der Waals surface area contributed by atoms with Gasteiger partial charge in [-0.3, -0.25) is 0 Å². The Labute approximate surface area is 142 Å². The highest BCUT2D eigenvalue weighted by Crippen LogP contribution is 2.43.